The van der Waals surface area contributed by atoms with E-state index in [0.717, 1.165) is 0 Å². The van der Waals surface area contributed by atoms with Gasteiger partial charge in [0.15, 0.2) is 0 Å². The molecular weight excluding hydrogens is 340 g/mol. The number of rotatable bonds is 4. The molecule has 0 aliphatic carbocycles. The third-order valence-electron chi connectivity index (χ3n) is 2.87. The quantitative estimate of drug-likeness (QED) is 0.639. The van der Waals surface area contributed by atoms with Crippen LogP contribution in [-0.4, -0.2) is 16.0 Å². The van der Waals surface area contributed by atoms with Crippen LogP contribution in [0.2, 0.25) is 0 Å². The summed E-state index contributed by atoms with van der Waals surface area (Å²) in [5.74, 6) is -1.02. The molecule has 108 valence electrons. The Hall–Kier alpha value is -2.41. The van der Waals surface area contributed by atoms with Crippen LogP contribution >= 0.6 is 15.9 Å². The minimum atomic E-state index is -1.02. The lowest BCUT2D eigenvalue weighted by Crippen LogP contribution is -1.99. The second-order valence-corrected chi connectivity index (χ2v) is 5.24. The van der Waals surface area contributed by atoms with Crippen LogP contribution in [0.25, 0.3) is 0 Å². The van der Waals surface area contributed by atoms with E-state index in [1.54, 1.807) is 25.1 Å². The summed E-state index contributed by atoms with van der Waals surface area (Å²) in [4.78, 5) is 21.3. The molecule has 0 atom stereocenters. The van der Waals surface area contributed by atoms with Crippen LogP contribution in [0.4, 0.5) is 17.1 Å². The Kier molecular flexibility index (Phi) is 4.23. The maximum atomic E-state index is 10.9. The maximum absolute atomic E-state index is 10.9. The molecule has 7 heteroatoms. The predicted octanol–water partition coefficient (Wildman–Crippen LogP) is 4.11. The van der Waals surface area contributed by atoms with Gasteiger partial charge in [-0.15, -0.1) is 0 Å². The predicted molar refractivity (Wildman–Crippen MR) is 82.2 cm³/mol. The number of hydrogen-bond acceptors (Lipinski definition) is 4. The van der Waals surface area contributed by atoms with Crippen molar-refractivity contribution in [2.45, 2.75) is 6.92 Å². The fraction of sp³-hybridized carbons (Fsp3) is 0.0714. The molecule has 2 aromatic carbocycles. The standard InChI is InChI=1S/C14H11BrN2O4/c1-8-5-12(11(15)7-13(8)17(20)21)16-10-4-2-3-9(6-10)14(18)19/h2-7,16H,1H3,(H,18,19). The Balaban J connectivity index is 2.36. The number of benzene rings is 2. The average Bonchev–Trinajstić information content (AvgIpc) is 2.42. The average molecular weight is 351 g/mol. The van der Waals surface area contributed by atoms with E-state index in [1.807, 2.05) is 0 Å². The minimum Gasteiger partial charge on any atom is -0.478 e. The molecular formula is C14H11BrN2O4. The first-order chi connectivity index (χ1) is 9.88. The van der Waals surface area contributed by atoms with Crippen LogP contribution in [-0.2, 0) is 0 Å². The Bertz CT molecular complexity index is 731. The van der Waals surface area contributed by atoms with Crippen LogP contribution in [0.15, 0.2) is 40.9 Å². The molecule has 0 saturated heterocycles. The number of anilines is 2. The van der Waals surface area contributed by atoms with E-state index in [0.29, 0.717) is 21.4 Å². The van der Waals surface area contributed by atoms with E-state index < -0.39 is 10.9 Å². The second-order valence-electron chi connectivity index (χ2n) is 4.39. The highest BCUT2D eigenvalue weighted by Gasteiger charge is 2.14. The van der Waals surface area contributed by atoms with Gasteiger partial charge in [0.1, 0.15) is 0 Å². The second kappa shape index (κ2) is 5.92. The number of carboxylic acid groups (broad SMARTS) is 1. The highest BCUT2D eigenvalue weighted by atomic mass is 79.9. The SMILES string of the molecule is Cc1cc(Nc2cccc(C(=O)O)c2)c(Br)cc1[N+](=O)[O-]. The number of aromatic carboxylic acids is 1. The number of halogens is 1. The van der Waals surface area contributed by atoms with Gasteiger partial charge in [0.25, 0.3) is 5.69 Å². The van der Waals surface area contributed by atoms with Crippen LogP contribution in [0, 0.1) is 17.0 Å². The van der Waals surface area contributed by atoms with Gasteiger partial charge in [-0.05, 0) is 47.1 Å². The molecule has 0 bridgehead atoms. The van der Waals surface area contributed by atoms with Crippen LogP contribution in [0.3, 0.4) is 0 Å². The molecule has 0 saturated carbocycles. The molecule has 0 spiro atoms. The zero-order valence-corrected chi connectivity index (χ0v) is 12.5. The molecule has 6 nitrogen and oxygen atoms in total. The highest BCUT2D eigenvalue weighted by Crippen LogP contribution is 2.32. The molecule has 0 unspecified atom stereocenters. The van der Waals surface area contributed by atoms with Crippen molar-refractivity contribution >= 4 is 39.0 Å². The maximum Gasteiger partial charge on any atom is 0.335 e. The number of nitro benzene ring substituents is 1. The van der Waals surface area contributed by atoms with Gasteiger partial charge in [0.05, 0.1) is 16.2 Å². The molecule has 0 aromatic heterocycles. The van der Waals surface area contributed by atoms with Crippen molar-refractivity contribution in [1.82, 2.24) is 0 Å². The van der Waals surface area contributed by atoms with Gasteiger partial charge in [-0.2, -0.15) is 0 Å². The van der Waals surface area contributed by atoms with Gasteiger partial charge in [0, 0.05) is 21.8 Å². The number of aryl methyl sites for hydroxylation is 1. The smallest absolute Gasteiger partial charge is 0.335 e. The van der Waals surface area contributed by atoms with Gasteiger partial charge >= 0.3 is 5.97 Å². The van der Waals surface area contributed by atoms with Crippen molar-refractivity contribution in [3.63, 3.8) is 0 Å². The lowest BCUT2D eigenvalue weighted by atomic mass is 10.1. The van der Waals surface area contributed by atoms with E-state index in [1.165, 1.54) is 18.2 Å². The number of carbonyl (C=O) groups is 1. The van der Waals surface area contributed by atoms with E-state index in [4.69, 9.17) is 5.11 Å². The zero-order chi connectivity index (χ0) is 15.6. The lowest BCUT2D eigenvalue weighted by molar-refractivity contribution is -0.385. The van der Waals surface area contributed by atoms with Gasteiger partial charge in [-0.3, -0.25) is 10.1 Å². The van der Waals surface area contributed by atoms with Gasteiger partial charge in [-0.1, -0.05) is 6.07 Å². The van der Waals surface area contributed by atoms with Crippen LogP contribution < -0.4 is 5.32 Å². The molecule has 0 fully saturated rings. The molecule has 0 aliphatic heterocycles. The molecule has 0 aliphatic rings. The van der Waals surface area contributed by atoms with E-state index >= 15 is 0 Å². The Morgan fingerprint density at radius 1 is 1.33 bits per heavy atom. The van der Waals surface area contributed by atoms with Gasteiger partial charge in [0.2, 0.25) is 0 Å². The summed E-state index contributed by atoms with van der Waals surface area (Å²) in [5.41, 5.74) is 1.91. The third kappa shape index (κ3) is 3.38. The first kappa shape index (κ1) is 15.0. The van der Waals surface area contributed by atoms with Crippen molar-refractivity contribution in [3.05, 3.63) is 62.1 Å². The third-order valence-corrected chi connectivity index (χ3v) is 3.53. The number of hydrogen-bond donors (Lipinski definition) is 2. The Morgan fingerprint density at radius 2 is 2.05 bits per heavy atom. The molecule has 21 heavy (non-hydrogen) atoms. The van der Waals surface area contributed by atoms with E-state index in [-0.39, 0.29) is 11.3 Å². The van der Waals surface area contributed by atoms with E-state index in [2.05, 4.69) is 21.2 Å². The molecule has 2 aromatic rings. The number of nitro groups is 1. The van der Waals surface area contributed by atoms with Crippen LogP contribution in [0.1, 0.15) is 15.9 Å². The molecule has 0 radical (unpaired) electrons. The molecule has 0 heterocycles. The molecule has 2 N–H and O–H groups in total. The van der Waals surface area contributed by atoms with Crippen molar-refractivity contribution < 1.29 is 14.8 Å². The topological polar surface area (TPSA) is 92.5 Å². The van der Waals surface area contributed by atoms with Crippen molar-refractivity contribution in [2.75, 3.05) is 5.32 Å². The van der Waals surface area contributed by atoms with Crippen molar-refractivity contribution in [1.29, 1.82) is 0 Å². The summed E-state index contributed by atoms with van der Waals surface area (Å²) >= 11 is 3.27. The van der Waals surface area contributed by atoms with E-state index in [9.17, 15) is 14.9 Å². The van der Waals surface area contributed by atoms with Gasteiger partial charge < -0.3 is 10.4 Å². The summed E-state index contributed by atoms with van der Waals surface area (Å²) in [6, 6.07) is 9.37. The van der Waals surface area contributed by atoms with Crippen molar-refractivity contribution in [2.24, 2.45) is 0 Å². The normalized spacial score (nSPS) is 10.2. The largest absolute Gasteiger partial charge is 0.478 e. The number of nitrogens with zero attached hydrogens (tertiary/aromatic N) is 1. The summed E-state index contributed by atoms with van der Waals surface area (Å²) in [6.07, 6.45) is 0. The fourth-order valence-electron chi connectivity index (χ4n) is 1.85. The van der Waals surface area contributed by atoms with Gasteiger partial charge in [-0.25, -0.2) is 4.79 Å². The van der Waals surface area contributed by atoms with Crippen LogP contribution in [0.5, 0.6) is 0 Å². The highest BCUT2D eigenvalue weighted by molar-refractivity contribution is 9.10. The minimum absolute atomic E-state index is 0.0201. The summed E-state index contributed by atoms with van der Waals surface area (Å²) < 4.78 is 0.528. The summed E-state index contributed by atoms with van der Waals surface area (Å²) in [7, 11) is 0. The fourth-order valence-corrected chi connectivity index (χ4v) is 2.28. The summed E-state index contributed by atoms with van der Waals surface area (Å²) in [6.45, 7) is 1.64. The monoisotopic (exact) mass is 350 g/mol. The van der Waals surface area contributed by atoms with Crippen molar-refractivity contribution in [3.8, 4) is 0 Å². The first-order valence-electron chi connectivity index (χ1n) is 5.93. The number of carboxylic acids is 1. The zero-order valence-electron chi connectivity index (χ0n) is 11.0. The first-order valence-corrected chi connectivity index (χ1v) is 6.72. The number of nitrogens with one attached hydrogen (secondary N) is 1. The Morgan fingerprint density at radius 3 is 2.67 bits per heavy atom. The summed E-state index contributed by atoms with van der Waals surface area (Å²) in [5, 5.41) is 22.9. The lowest BCUT2D eigenvalue weighted by Gasteiger charge is -2.10. The molecule has 0 amide bonds. The Labute approximate surface area is 128 Å². The molecule has 2 rings (SSSR count).